The van der Waals surface area contributed by atoms with Gasteiger partial charge in [0, 0.05) is 51.0 Å². The van der Waals surface area contributed by atoms with Crippen LogP contribution in [0.4, 0.5) is 5.69 Å². The molecule has 2 rings (SSSR count). The molecule has 1 aliphatic heterocycles. The first kappa shape index (κ1) is 14.9. The third kappa shape index (κ3) is 5.27. The average Bonchev–Trinajstić information content (AvgIpc) is 2.45. The van der Waals surface area contributed by atoms with Crippen LogP contribution in [0.15, 0.2) is 18.2 Å². The smallest absolute Gasteiger partial charge is 0.163 e. The lowest BCUT2D eigenvalue weighted by Gasteiger charge is -2.13. The fourth-order valence-corrected chi connectivity index (χ4v) is 1.91. The monoisotopic (exact) mass is 281 g/mol. The van der Waals surface area contributed by atoms with Gasteiger partial charge in [-0.3, -0.25) is 0 Å². The van der Waals surface area contributed by atoms with Crippen molar-refractivity contribution in [2.45, 2.75) is 19.3 Å². The van der Waals surface area contributed by atoms with Gasteiger partial charge in [-0.25, -0.2) is 0 Å². The van der Waals surface area contributed by atoms with Crippen molar-refractivity contribution in [3.63, 3.8) is 0 Å². The zero-order valence-electron chi connectivity index (χ0n) is 11.8. The zero-order chi connectivity index (χ0) is 14.0. The summed E-state index contributed by atoms with van der Waals surface area (Å²) >= 11 is 0. The quantitative estimate of drug-likeness (QED) is 0.739. The van der Waals surface area contributed by atoms with Gasteiger partial charge in [-0.1, -0.05) is 0 Å². The average molecular weight is 281 g/mol. The molecule has 0 aromatic heterocycles. The highest BCUT2D eigenvalue weighted by molar-refractivity contribution is 5.51. The van der Waals surface area contributed by atoms with E-state index in [0.29, 0.717) is 37.9 Å². The van der Waals surface area contributed by atoms with Crippen LogP contribution >= 0.6 is 0 Å². The molecule has 1 aliphatic rings. The Morgan fingerprint density at radius 1 is 0.700 bits per heavy atom. The van der Waals surface area contributed by atoms with Crippen molar-refractivity contribution in [1.82, 2.24) is 0 Å². The Kier molecular flexibility index (Phi) is 6.47. The second-order valence-electron chi connectivity index (χ2n) is 4.69. The Balaban J connectivity index is 1.93. The summed E-state index contributed by atoms with van der Waals surface area (Å²) in [5, 5.41) is 0. The number of rotatable bonds is 0. The van der Waals surface area contributed by atoms with Crippen LogP contribution in [0.3, 0.4) is 0 Å². The Morgan fingerprint density at radius 2 is 1.25 bits per heavy atom. The third-order valence-electron chi connectivity index (χ3n) is 2.93. The molecule has 2 N–H and O–H groups in total. The third-order valence-corrected chi connectivity index (χ3v) is 2.93. The van der Waals surface area contributed by atoms with Gasteiger partial charge in [0.05, 0.1) is 13.2 Å². The Hall–Kier alpha value is -1.46. The molecule has 0 unspecified atom stereocenters. The maximum Gasteiger partial charge on any atom is 0.163 e. The first-order valence-corrected chi connectivity index (χ1v) is 7.17. The summed E-state index contributed by atoms with van der Waals surface area (Å²) in [5.41, 5.74) is 6.45. The lowest BCUT2D eigenvalue weighted by molar-refractivity contribution is 0.0748. The molecule has 0 saturated heterocycles. The largest absolute Gasteiger partial charge is 0.490 e. The van der Waals surface area contributed by atoms with Crippen LogP contribution in [-0.2, 0) is 9.47 Å². The first-order valence-electron chi connectivity index (χ1n) is 7.17. The van der Waals surface area contributed by atoms with Crippen LogP contribution in [0.1, 0.15) is 19.3 Å². The number of benzene rings is 1. The molecule has 0 fully saturated rings. The number of nitrogens with two attached hydrogens (primary N) is 1. The van der Waals surface area contributed by atoms with Gasteiger partial charge < -0.3 is 24.7 Å². The van der Waals surface area contributed by atoms with Crippen LogP contribution in [-0.4, -0.2) is 39.6 Å². The van der Waals surface area contributed by atoms with Gasteiger partial charge in [-0.05, 0) is 18.6 Å². The first-order chi connectivity index (χ1) is 9.86. The Morgan fingerprint density at radius 3 is 1.90 bits per heavy atom. The number of nitrogen functional groups attached to an aromatic ring is 1. The van der Waals surface area contributed by atoms with Gasteiger partial charge in [-0.2, -0.15) is 0 Å². The van der Waals surface area contributed by atoms with E-state index in [-0.39, 0.29) is 0 Å². The molecule has 0 bridgehead atoms. The van der Waals surface area contributed by atoms with Gasteiger partial charge in [-0.15, -0.1) is 0 Å². The summed E-state index contributed by atoms with van der Waals surface area (Å²) in [6.45, 7) is 4.07. The van der Waals surface area contributed by atoms with Gasteiger partial charge in [0.15, 0.2) is 11.5 Å². The highest BCUT2D eigenvalue weighted by atomic mass is 16.5. The Bertz CT molecular complexity index is 397. The number of hydrogen-bond acceptors (Lipinski definition) is 5. The highest BCUT2D eigenvalue weighted by Crippen LogP contribution is 2.29. The summed E-state index contributed by atoms with van der Waals surface area (Å²) in [6, 6.07) is 5.46. The molecule has 112 valence electrons. The van der Waals surface area contributed by atoms with Crippen molar-refractivity contribution in [3.05, 3.63) is 18.2 Å². The molecule has 0 amide bonds. The molecule has 1 heterocycles. The fourth-order valence-electron chi connectivity index (χ4n) is 1.91. The van der Waals surface area contributed by atoms with Crippen LogP contribution in [0.5, 0.6) is 11.5 Å². The second kappa shape index (κ2) is 8.66. The molecule has 1 aromatic rings. The topological polar surface area (TPSA) is 62.9 Å². The molecule has 0 saturated carbocycles. The molecule has 5 nitrogen and oxygen atoms in total. The van der Waals surface area contributed by atoms with Gasteiger partial charge in [0.1, 0.15) is 0 Å². The van der Waals surface area contributed by atoms with Crippen molar-refractivity contribution in [2.24, 2.45) is 0 Å². The molecule has 20 heavy (non-hydrogen) atoms. The Labute approximate surface area is 120 Å². The lowest BCUT2D eigenvalue weighted by atomic mass is 10.3. The fraction of sp³-hybridized carbons (Fsp3) is 0.600. The van der Waals surface area contributed by atoms with Crippen LogP contribution in [0, 0.1) is 0 Å². The predicted octanol–water partition coefficient (Wildman–Crippen LogP) is 2.24. The molecule has 0 radical (unpaired) electrons. The van der Waals surface area contributed by atoms with E-state index >= 15 is 0 Å². The van der Waals surface area contributed by atoms with E-state index in [1.807, 2.05) is 12.1 Å². The van der Waals surface area contributed by atoms with Crippen molar-refractivity contribution in [1.29, 1.82) is 0 Å². The number of hydrogen-bond donors (Lipinski definition) is 1. The van der Waals surface area contributed by atoms with E-state index in [1.165, 1.54) is 0 Å². The van der Waals surface area contributed by atoms with Crippen LogP contribution in [0.2, 0.25) is 0 Å². The molecule has 0 spiro atoms. The van der Waals surface area contributed by atoms with E-state index in [4.69, 9.17) is 24.7 Å². The minimum atomic E-state index is 0.594. The number of ether oxygens (including phenoxy) is 4. The second-order valence-corrected chi connectivity index (χ2v) is 4.69. The van der Waals surface area contributed by atoms with Gasteiger partial charge in [0.2, 0.25) is 0 Å². The van der Waals surface area contributed by atoms with E-state index in [9.17, 15) is 0 Å². The minimum absolute atomic E-state index is 0.594. The van der Waals surface area contributed by atoms with E-state index in [2.05, 4.69) is 0 Å². The summed E-state index contributed by atoms with van der Waals surface area (Å²) in [6.07, 6.45) is 2.62. The highest BCUT2D eigenvalue weighted by Gasteiger charge is 2.06. The summed E-state index contributed by atoms with van der Waals surface area (Å²) in [4.78, 5) is 0. The maximum atomic E-state index is 5.78. The minimum Gasteiger partial charge on any atom is -0.490 e. The summed E-state index contributed by atoms with van der Waals surface area (Å²) < 4.78 is 22.5. The van der Waals surface area contributed by atoms with E-state index < -0.39 is 0 Å². The SMILES string of the molecule is Nc1ccc2c(c1)OCCCOCCCOCCCO2. The normalized spacial score (nSPS) is 18.8. The molecular weight excluding hydrogens is 258 g/mol. The molecule has 0 aliphatic carbocycles. The number of anilines is 1. The zero-order valence-corrected chi connectivity index (χ0v) is 11.8. The summed E-state index contributed by atoms with van der Waals surface area (Å²) in [5.74, 6) is 1.43. The maximum absolute atomic E-state index is 5.78. The molecule has 5 heteroatoms. The predicted molar refractivity (Wildman–Crippen MR) is 77.3 cm³/mol. The molecule has 0 atom stereocenters. The van der Waals surface area contributed by atoms with E-state index in [1.54, 1.807) is 6.07 Å². The summed E-state index contributed by atoms with van der Waals surface area (Å²) in [7, 11) is 0. The van der Waals surface area contributed by atoms with Crippen LogP contribution in [0.25, 0.3) is 0 Å². The van der Waals surface area contributed by atoms with Crippen molar-refractivity contribution in [2.75, 3.05) is 45.4 Å². The van der Waals surface area contributed by atoms with Crippen molar-refractivity contribution < 1.29 is 18.9 Å². The van der Waals surface area contributed by atoms with E-state index in [0.717, 1.165) is 38.2 Å². The lowest BCUT2D eigenvalue weighted by Crippen LogP contribution is -2.06. The van der Waals surface area contributed by atoms with Crippen molar-refractivity contribution in [3.8, 4) is 11.5 Å². The van der Waals surface area contributed by atoms with Crippen molar-refractivity contribution >= 4 is 5.69 Å². The van der Waals surface area contributed by atoms with Crippen LogP contribution < -0.4 is 15.2 Å². The number of fused-ring (bicyclic) bond motifs is 1. The molecule has 1 aromatic carbocycles. The standard InChI is InChI=1S/C15H23NO4/c16-13-4-5-14-15(12-13)20-11-3-9-18-7-1-6-17-8-2-10-19-14/h4-5,12H,1-3,6-11,16H2. The van der Waals surface area contributed by atoms with Gasteiger partial charge >= 0.3 is 0 Å². The van der Waals surface area contributed by atoms with Gasteiger partial charge in [0.25, 0.3) is 0 Å². The molecular formula is C15H23NO4.